The Hall–Kier alpha value is -3.18. The Morgan fingerprint density at radius 2 is 1.61 bits per heavy atom. The first kappa shape index (κ1) is 27.4. The lowest BCUT2D eigenvalue weighted by Gasteiger charge is -2.40. The lowest BCUT2D eigenvalue weighted by Crippen LogP contribution is -2.69. The van der Waals surface area contributed by atoms with E-state index in [1.165, 1.54) is 35.8 Å². The van der Waals surface area contributed by atoms with Crippen LogP contribution in [0.3, 0.4) is 0 Å². The number of carbonyl (C=O) groups is 1. The van der Waals surface area contributed by atoms with Crippen molar-refractivity contribution >= 4 is 15.7 Å². The maximum atomic E-state index is 14.3. The van der Waals surface area contributed by atoms with Crippen molar-refractivity contribution in [1.29, 1.82) is 5.26 Å². The average molecular weight is 534 g/mol. The summed E-state index contributed by atoms with van der Waals surface area (Å²) in [5, 5.41) is 12.6. The van der Waals surface area contributed by atoms with Gasteiger partial charge in [-0.1, -0.05) is 36.4 Å². The molecule has 1 saturated carbocycles. The van der Waals surface area contributed by atoms with Gasteiger partial charge in [-0.25, -0.2) is 8.42 Å². The second-order valence-electron chi connectivity index (χ2n) is 8.37. The number of nitrogens with one attached hydrogen (secondary N) is 2. The third-order valence-corrected chi connectivity index (χ3v) is 7.18. The SMILES string of the molecule is N#CC1(NC(=O)C(CS(=O)(=O)Cc2ccccn2)NC(c2ccccc2)(C(F)(F)F)C(F)(F)F)CC1. The highest BCUT2D eigenvalue weighted by Gasteiger charge is 2.72. The molecule has 1 atom stereocenters. The fourth-order valence-electron chi connectivity index (χ4n) is 3.60. The normalized spacial score (nSPS) is 16.6. The van der Waals surface area contributed by atoms with Crippen molar-refractivity contribution in [2.45, 2.75) is 48.1 Å². The smallest absolute Gasteiger partial charge is 0.336 e. The number of pyridine rings is 1. The van der Waals surface area contributed by atoms with Gasteiger partial charge in [0, 0.05) is 6.20 Å². The maximum Gasteiger partial charge on any atom is 0.419 e. The van der Waals surface area contributed by atoms with E-state index in [-0.39, 0.29) is 18.5 Å². The second-order valence-corrected chi connectivity index (χ2v) is 10.5. The zero-order valence-corrected chi connectivity index (χ0v) is 19.2. The summed E-state index contributed by atoms with van der Waals surface area (Å²) in [6.07, 6.45) is -10.6. The summed E-state index contributed by atoms with van der Waals surface area (Å²) in [7, 11) is -4.47. The van der Waals surface area contributed by atoms with Gasteiger partial charge in [0.15, 0.2) is 9.84 Å². The lowest BCUT2D eigenvalue weighted by atomic mass is 9.87. The molecular weight excluding hydrogens is 514 g/mol. The van der Waals surface area contributed by atoms with Crippen LogP contribution in [0.25, 0.3) is 0 Å². The van der Waals surface area contributed by atoms with Crippen molar-refractivity contribution in [1.82, 2.24) is 15.6 Å². The Balaban J connectivity index is 2.07. The first-order valence-corrected chi connectivity index (χ1v) is 12.3. The van der Waals surface area contributed by atoms with Gasteiger partial charge in [-0.15, -0.1) is 0 Å². The van der Waals surface area contributed by atoms with Gasteiger partial charge in [0.25, 0.3) is 0 Å². The van der Waals surface area contributed by atoms with Crippen LogP contribution in [0.2, 0.25) is 0 Å². The zero-order chi connectivity index (χ0) is 26.8. The quantitative estimate of drug-likeness (QED) is 0.478. The van der Waals surface area contributed by atoms with E-state index in [4.69, 9.17) is 0 Å². The van der Waals surface area contributed by atoms with Crippen LogP contribution in [0, 0.1) is 11.3 Å². The van der Waals surface area contributed by atoms with E-state index in [1.807, 2.05) is 0 Å². The number of sulfone groups is 1. The number of amides is 1. The molecule has 1 aromatic heterocycles. The molecule has 194 valence electrons. The minimum atomic E-state index is -6.04. The third-order valence-electron chi connectivity index (χ3n) is 5.61. The molecule has 7 nitrogen and oxygen atoms in total. The number of alkyl halides is 6. The van der Waals surface area contributed by atoms with Crippen LogP contribution in [-0.4, -0.2) is 49.0 Å². The monoisotopic (exact) mass is 534 g/mol. The minimum Gasteiger partial charge on any atom is -0.336 e. The standard InChI is InChI=1S/C22H20F6N4O3S/c23-21(24,25)20(22(26,27)28,15-6-2-1-3-7-15)31-17(18(33)32-19(14-29)9-10-19)13-36(34,35)12-16-8-4-5-11-30-16/h1-8,11,17,31H,9-10,12-13H2,(H,32,33). The van der Waals surface area contributed by atoms with Gasteiger partial charge in [0.2, 0.25) is 11.4 Å². The number of halogens is 6. The Kier molecular flexibility index (Phi) is 7.39. The van der Waals surface area contributed by atoms with Gasteiger partial charge in [0.1, 0.15) is 11.6 Å². The van der Waals surface area contributed by atoms with Crippen LogP contribution < -0.4 is 10.6 Å². The van der Waals surface area contributed by atoms with Gasteiger partial charge in [-0.3, -0.25) is 15.1 Å². The Bertz CT molecular complexity index is 1210. The van der Waals surface area contributed by atoms with Crippen LogP contribution in [0.5, 0.6) is 0 Å². The number of hydrogen-bond acceptors (Lipinski definition) is 6. The van der Waals surface area contributed by atoms with E-state index >= 15 is 0 Å². The van der Waals surface area contributed by atoms with Crippen molar-refractivity contribution in [2.75, 3.05) is 5.75 Å². The Labute approximate surface area is 202 Å². The van der Waals surface area contributed by atoms with E-state index < -0.39 is 62.3 Å². The summed E-state index contributed by atoms with van der Waals surface area (Å²) < 4.78 is 111. The van der Waals surface area contributed by atoms with E-state index in [1.54, 1.807) is 6.07 Å². The molecule has 0 spiro atoms. The largest absolute Gasteiger partial charge is 0.419 e. The molecule has 1 unspecified atom stereocenters. The van der Waals surface area contributed by atoms with Gasteiger partial charge in [0.05, 0.1) is 23.3 Å². The number of aromatic nitrogens is 1. The first-order valence-electron chi connectivity index (χ1n) is 10.4. The Morgan fingerprint density at radius 1 is 1.03 bits per heavy atom. The lowest BCUT2D eigenvalue weighted by molar-refractivity contribution is -0.315. The maximum absolute atomic E-state index is 14.3. The molecule has 2 N–H and O–H groups in total. The number of rotatable bonds is 9. The molecule has 0 aliphatic heterocycles. The molecule has 0 saturated heterocycles. The topological polar surface area (TPSA) is 112 Å². The van der Waals surface area contributed by atoms with E-state index in [2.05, 4.69) is 10.3 Å². The van der Waals surface area contributed by atoms with E-state index in [0.717, 1.165) is 12.1 Å². The van der Waals surface area contributed by atoms with Crippen LogP contribution in [-0.2, 0) is 25.9 Å². The second kappa shape index (κ2) is 9.70. The predicted octanol–water partition coefficient (Wildman–Crippen LogP) is 3.15. The molecule has 2 aromatic rings. The molecular formula is C22H20F6N4O3S. The van der Waals surface area contributed by atoms with Crippen LogP contribution in [0.15, 0.2) is 54.7 Å². The molecule has 1 aromatic carbocycles. The molecule has 1 fully saturated rings. The predicted molar refractivity (Wildman–Crippen MR) is 115 cm³/mol. The highest BCUT2D eigenvalue weighted by atomic mass is 32.2. The fourth-order valence-corrected chi connectivity index (χ4v) is 5.08. The van der Waals surface area contributed by atoms with Gasteiger partial charge in [-0.2, -0.15) is 31.6 Å². The zero-order valence-electron chi connectivity index (χ0n) is 18.4. The Morgan fingerprint density at radius 3 is 2.08 bits per heavy atom. The molecule has 0 bridgehead atoms. The van der Waals surface area contributed by atoms with Crippen LogP contribution in [0.4, 0.5) is 26.3 Å². The molecule has 1 aliphatic rings. The number of carbonyl (C=O) groups excluding carboxylic acids is 1. The number of nitrogens with zero attached hydrogens (tertiary/aromatic N) is 2. The average Bonchev–Trinajstić information content (AvgIpc) is 3.55. The molecule has 14 heteroatoms. The molecule has 1 aliphatic carbocycles. The summed E-state index contributed by atoms with van der Waals surface area (Å²) >= 11 is 0. The fraction of sp³-hybridized carbons (Fsp3) is 0.409. The first-order chi connectivity index (χ1) is 16.6. The highest BCUT2D eigenvalue weighted by Crippen LogP contribution is 2.50. The molecule has 36 heavy (non-hydrogen) atoms. The number of hydrogen-bond donors (Lipinski definition) is 2. The van der Waals surface area contributed by atoms with Crippen molar-refractivity contribution < 1.29 is 39.6 Å². The van der Waals surface area contributed by atoms with E-state index in [9.17, 15) is 44.8 Å². The summed E-state index contributed by atoms with van der Waals surface area (Å²) in [5.74, 6) is -3.73. The van der Waals surface area contributed by atoms with Crippen molar-refractivity contribution in [3.63, 3.8) is 0 Å². The van der Waals surface area contributed by atoms with Crippen LogP contribution >= 0.6 is 0 Å². The molecule has 1 heterocycles. The molecule has 0 radical (unpaired) electrons. The minimum absolute atomic E-state index is 0.0201. The molecule has 3 rings (SSSR count). The molecule has 1 amide bonds. The summed E-state index contributed by atoms with van der Waals surface area (Å²) in [6.45, 7) is 0. The van der Waals surface area contributed by atoms with Gasteiger partial charge < -0.3 is 5.32 Å². The highest BCUT2D eigenvalue weighted by molar-refractivity contribution is 7.90. The van der Waals surface area contributed by atoms with Crippen molar-refractivity contribution in [3.8, 4) is 6.07 Å². The van der Waals surface area contributed by atoms with Crippen molar-refractivity contribution in [2.24, 2.45) is 0 Å². The number of benzene rings is 1. The van der Waals surface area contributed by atoms with Gasteiger partial charge >= 0.3 is 12.4 Å². The van der Waals surface area contributed by atoms with Crippen molar-refractivity contribution in [3.05, 3.63) is 66.0 Å². The van der Waals surface area contributed by atoms with Crippen LogP contribution in [0.1, 0.15) is 24.1 Å². The summed E-state index contributed by atoms with van der Waals surface area (Å²) in [5.41, 5.74) is -7.57. The van der Waals surface area contributed by atoms with Gasteiger partial charge in [-0.05, 0) is 30.5 Å². The van der Waals surface area contributed by atoms with E-state index in [0.29, 0.717) is 12.1 Å². The number of nitriles is 1. The summed E-state index contributed by atoms with van der Waals surface area (Å²) in [6, 6.07) is 7.68. The summed E-state index contributed by atoms with van der Waals surface area (Å²) in [4.78, 5) is 16.7. The third kappa shape index (κ3) is 5.79.